The Balaban J connectivity index is 2.02. The molecule has 0 amide bonds. The topological polar surface area (TPSA) is 12.0 Å². The number of rotatable bonds is 5. The lowest BCUT2D eigenvalue weighted by molar-refractivity contribution is 0.744. The highest BCUT2D eigenvalue weighted by Crippen LogP contribution is 2.41. The number of benzene rings is 2. The molecule has 0 saturated heterocycles. The number of allylic oxidation sites excluding steroid dienone is 4. The van der Waals surface area contributed by atoms with Crippen molar-refractivity contribution in [1.29, 1.82) is 0 Å². The van der Waals surface area contributed by atoms with E-state index in [9.17, 15) is 0 Å². The molecule has 1 aliphatic carbocycles. The highest BCUT2D eigenvalue weighted by atomic mass is 14.9. The molecule has 0 radical (unpaired) electrons. The maximum atomic E-state index is 3.87. The summed E-state index contributed by atoms with van der Waals surface area (Å²) in [4.78, 5) is 0. The Kier molecular flexibility index (Phi) is 5.60. The van der Waals surface area contributed by atoms with Crippen LogP contribution < -0.4 is 5.32 Å². The van der Waals surface area contributed by atoms with Crippen LogP contribution in [0.1, 0.15) is 74.4 Å². The summed E-state index contributed by atoms with van der Waals surface area (Å²) in [6.07, 6.45) is 2.13. The van der Waals surface area contributed by atoms with Crippen LogP contribution in [0.4, 0.5) is 5.69 Å². The first-order chi connectivity index (χ1) is 12.8. The summed E-state index contributed by atoms with van der Waals surface area (Å²) in [6.45, 7) is 15.7. The van der Waals surface area contributed by atoms with E-state index in [1.165, 1.54) is 55.8 Å². The van der Waals surface area contributed by atoms with Gasteiger partial charge in [-0.1, -0.05) is 54.5 Å². The largest absolute Gasteiger partial charge is 0.378 e. The Labute approximate surface area is 165 Å². The van der Waals surface area contributed by atoms with Crippen molar-refractivity contribution in [1.82, 2.24) is 0 Å². The maximum absolute atomic E-state index is 3.87. The highest BCUT2D eigenvalue weighted by Gasteiger charge is 2.22. The Morgan fingerprint density at radius 3 is 2.07 bits per heavy atom. The Hall–Kier alpha value is -2.28. The lowest BCUT2D eigenvalue weighted by atomic mass is 9.90. The molecule has 1 heteroatoms. The molecule has 1 nitrogen and oxygen atoms in total. The number of anilines is 1. The number of hydrogen-bond acceptors (Lipinski definition) is 1. The van der Waals surface area contributed by atoms with Gasteiger partial charge in [-0.2, -0.15) is 0 Å². The van der Waals surface area contributed by atoms with Crippen LogP contribution in [0, 0.1) is 20.8 Å². The summed E-state index contributed by atoms with van der Waals surface area (Å²) >= 11 is 0. The van der Waals surface area contributed by atoms with Crippen molar-refractivity contribution in [3.63, 3.8) is 0 Å². The van der Waals surface area contributed by atoms with Crippen molar-refractivity contribution >= 4 is 11.3 Å². The van der Waals surface area contributed by atoms with Gasteiger partial charge < -0.3 is 5.32 Å². The van der Waals surface area contributed by atoms with Crippen molar-refractivity contribution in [2.75, 3.05) is 5.32 Å². The summed E-state index contributed by atoms with van der Waals surface area (Å²) in [6, 6.07) is 13.8. The van der Waals surface area contributed by atoms with Gasteiger partial charge in [0.05, 0.1) is 6.04 Å². The molecule has 3 rings (SSSR count). The van der Waals surface area contributed by atoms with Gasteiger partial charge in [-0.25, -0.2) is 0 Å². The Morgan fingerprint density at radius 2 is 1.52 bits per heavy atom. The first-order valence-corrected chi connectivity index (χ1v) is 10.1. The van der Waals surface area contributed by atoms with Gasteiger partial charge in [-0.3, -0.25) is 0 Å². The molecule has 0 bridgehead atoms. The van der Waals surface area contributed by atoms with Gasteiger partial charge in [0.15, 0.2) is 0 Å². The van der Waals surface area contributed by atoms with Gasteiger partial charge >= 0.3 is 0 Å². The molecule has 0 fully saturated rings. The zero-order chi connectivity index (χ0) is 19.7. The smallest absolute Gasteiger partial charge is 0.0517 e. The van der Waals surface area contributed by atoms with Crippen LogP contribution in [0.3, 0.4) is 0 Å². The van der Waals surface area contributed by atoms with Crippen LogP contribution in [0.2, 0.25) is 0 Å². The molecule has 0 spiro atoms. The standard InChI is InChI=1S/C26H33N/c1-8-25(27-26-18(4)13-16(2)14-19(26)5)23-12-10-9-11-22(23)24-15-17(3)20(6)21(24)7/h9-14,25,27H,8,15H2,1-7H3. The third kappa shape index (κ3) is 3.74. The maximum Gasteiger partial charge on any atom is 0.0517 e. The van der Waals surface area contributed by atoms with Crippen molar-refractivity contribution in [3.8, 4) is 0 Å². The third-order valence-corrected chi connectivity index (χ3v) is 6.16. The fourth-order valence-corrected chi connectivity index (χ4v) is 4.43. The molecular weight excluding hydrogens is 326 g/mol. The van der Waals surface area contributed by atoms with E-state index in [0.717, 1.165) is 12.8 Å². The fourth-order valence-electron chi connectivity index (χ4n) is 4.43. The molecule has 2 aromatic rings. The first-order valence-electron chi connectivity index (χ1n) is 10.1. The normalized spacial score (nSPS) is 15.5. The zero-order valence-electron chi connectivity index (χ0n) is 18.0. The minimum atomic E-state index is 0.308. The first kappa shape index (κ1) is 19.5. The van der Waals surface area contributed by atoms with Crippen LogP contribution in [-0.4, -0.2) is 0 Å². The minimum Gasteiger partial charge on any atom is -0.378 e. The van der Waals surface area contributed by atoms with Crippen LogP contribution in [0.5, 0.6) is 0 Å². The predicted molar refractivity (Wildman–Crippen MR) is 119 cm³/mol. The average molecular weight is 360 g/mol. The SMILES string of the molecule is CCC(Nc1c(C)cc(C)cc1C)c1ccccc1C1=C(C)C(C)=C(C)C1. The van der Waals surface area contributed by atoms with E-state index in [4.69, 9.17) is 0 Å². The van der Waals surface area contributed by atoms with Crippen molar-refractivity contribution in [3.05, 3.63) is 80.9 Å². The van der Waals surface area contributed by atoms with E-state index in [0.29, 0.717) is 6.04 Å². The number of nitrogens with one attached hydrogen (secondary N) is 1. The summed E-state index contributed by atoms with van der Waals surface area (Å²) in [5, 5.41) is 3.87. The van der Waals surface area contributed by atoms with E-state index < -0.39 is 0 Å². The van der Waals surface area contributed by atoms with Crippen LogP contribution >= 0.6 is 0 Å². The summed E-state index contributed by atoms with van der Waals surface area (Å²) in [7, 11) is 0. The van der Waals surface area contributed by atoms with Crippen LogP contribution in [0.15, 0.2) is 53.1 Å². The van der Waals surface area contributed by atoms with Crippen LogP contribution in [0.25, 0.3) is 5.57 Å². The van der Waals surface area contributed by atoms with Gasteiger partial charge in [0.1, 0.15) is 0 Å². The lowest BCUT2D eigenvalue weighted by Gasteiger charge is -2.25. The molecular formula is C26H33N. The van der Waals surface area contributed by atoms with Crippen LogP contribution in [-0.2, 0) is 0 Å². The monoisotopic (exact) mass is 359 g/mol. The molecule has 2 aromatic carbocycles. The number of aryl methyl sites for hydroxylation is 3. The lowest BCUT2D eigenvalue weighted by Crippen LogP contribution is -2.14. The highest BCUT2D eigenvalue weighted by molar-refractivity contribution is 5.80. The molecule has 142 valence electrons. The second-order valence-corrected chi connectivity index (χ2v) is 8.15. The van der Waals surface area contributed by atoms with Crippen molar-refractivity contribution in [2.24, 2.45) is 0 Å². The summed E-state index contributed by atoms with van der Waals surface area (Å²) in [5.41, 5.74) is 14.0. The molecule has 1 unspecified atom stereocenters. The van der Waals surface area contributed by atoms with Crippen molar-refractivity contribution in [2.45, 2.75) is 67.3 Å². The minimum absolute atomic E-state index is 0.308. The molecule has 0 heterocycles. The molecule has 1 aliphatic rings. The molecule has 0 aromatic heterocycles. The fraction of sp³-hybridized carbons (Fsp3) is 0.385. The van der Waals surface area contributed by atoms with Gasteiger partial charge in [-0.05, 0) is 93.4 Å². The molecule has 27 heavy (non-hydrogen) atoms. The summed E-state index contributed by atoms with van der Waals surface area (Å²) in [5.74, 6) is 0. The molecule has 1 atom stereocenters. The van der Waals surface area contributed by atoms with Gasteiger partial charge in [0.2, 0.25) is 0 Å². The second-order valence-electron chi connectivity index (χ2n) is 8.15. The molecule has 0 aliphatic heterocycles. The Bertz CT molecular complexity index is 904. The Morgan fingerprint density at radius 1 is 0.889 bits per heavy atom. The van der Waals surface area contributed by atoms with Gasteiger partial charge in [0.25, 0.3) is 0 Å². The van der Waals surface area contributed by atoms with E-state index >= 15 is 0 Å². The predicted octanol–water partition coefficient (Wildman–Crippen LogP) is 7.69. The third-order valence-electron chi connectivity index (χ3n) is 6.16. The van der Waals surface area contributed by atoms with Crippen molar-refractivity contribution < 1.29 is 0 Å². The quantitative estimate of drug-likeness (QED) is 0.577. The van der Waals surface area contributed by atoms with E-state index in [1.807, 2.05) is 0 Å². The molecule has 0 saturated carbocycles. The second kappa shape index (κ2) is 7.76. The zero-order valence-corrected chi connectivity index (χ0v) is 18.0. The van der Waals surface area contributed by atoms with E-state index in [2.05, 4.69) is 90.2 Å². The average Bonchev–Trinajstić information content (AvgIpc) is 2.89. The summed E-state index contributed by atoms with van der Waals surface area (Å²) < 4.78 is 0. The van der Waals surface area contributed by atoms with Gasteiger partial charge in [-0.15, -0.1) is 0 Å². The van der Waals surface area contributed by atoms with Gasteiger partial charge in [0, 0.05) is 5.69 Å². The molecule has 1 N–H and O–H groups in total. The number of hydrogen-bond donors (Lipinski definition) is 1. The van der Waals surface area contributed by atoms with E-state index in [1.54, 1.807) is 0 Å². The van der Waals surface area contributed by atoms with E-state index in [-0.39, 0.29) is 0 Å².